The average Bonchev–Trinajstić information content (AvgIpc) is 2.74. The zero-order valence-electron chi connectivity index (χ0n) is 20.7. The summed E-state index contributed by atoms with van der Waals surface area (Å²) in [6.07, 6.45) is 0.779. The topological polar surface area (TPSA) is 77.8 Å². The Balaban J connectivity index is 1.87. The number of ketones is 1. The van der Waals surface area contributed by atoms with Gasteiger partial charge in [-0.05, 0) is 95.7 Å². The first kappa shape index (κ1) is 22.7. The van der Waals surface area contributed by atoms with Crippen molar-refractivity contribution in [2.24, 2.45) is 11.8 Å². The van der Waals surface area contributed by atoms with Gasteiger partial charge in [0.2, 0.25) is 0 Å². The van der Waals surface area contributed by atoms with Crippen LogP contribution in [0.2, 0.25) is 0 Å². The highest BCUT2D eigenvalue weighted by atomic mass is 16.3. The van der Waals surface area contributed by atoms with E-state index in [2.05, 4.69) is 19.9 Å². The fourth-order valence-corrected chi connectivity index (χ4v) is 6.02. The maximum Gasteiger partial charge on any atom is 0.199 e. The highest BCUT2D eigenvalue weighted by molar-refractivity contribution is 6.14. The molecule has 0 unspecified atom stereocenters. The van der Waals surface area contributed by atoms with Gasteiger partial charge in [0.25, 0.3) is 0 Å². The summed E-state index contributed by atoms with van der Waals surface area (Å²) < 4.78 is 0. The molecule has 2 aliphatic carbocycles. The molecule has 0 saturated heterocycles. The molecule has 5 rings (SSSR count). The Labute approximate surface area is 200 Å². The Morgan fingerprint density at radius 1 is 0.824 bits per heavy atom. The van der Waals surface area contributed by atoms with E-state index in [4.69, 9.17) is 0 Å². The van der Waals surface area contributed by atoms with Crippen molar-refractivity contribution in [2.75, 3.05) is 0 Å². The van der Waals surface area contributed by atoms with Crippen LogP contribution >= 0.6 is 0 Å². The van der Waals surface area contributed by atoms with Gasteiger partial charge in [-0.15, -0.1) is 0 Å². The van der Waals surface area contributed by atoms with Crippen molar-refractivity contribution < 1.29 is 20.1 Å². The predicted octanol–water partition coefficient (Wildman–Crippen LogP) is 6.38. The molecule has 0 bridgehead atoms. The van der Waals surface area contributed by atoms with Crippen LogP contribution < -0.4 is 0 Å². The molecule has 2 aliphatic rings. The van der Waals surface area contributed by atoms with Gasteiger partial charge >= 0.3 is 0 Å². The Morgan fingerprint density at radius 2 is 1.44 bits per heavy atom. The maximum absolute atomic E-state index is 13.9. The molecule has 0 radical (unpaired) electrons. The number of aromatic hydroxyl groups is 2. The summed E-state index contributed by atoms with van der Waals surface area (Å²) in [6, 6.07) is 11.2. The van der Waals surface area contributed by atoms with Crippen LogP contribution in [0.1, 0.15) is 71.8 Å². The summed E-state index contributed by atoms with van der Waals surface area (Å²) in [5.41, 5.74) is 5.82. The second-order valence-corrected chi connectivity index (χ2v) is 10.8. The molecule has 4 nitrogen and oxygen atoms in total. The molecule has 0 aromatic heterocycles. The Morgan fingerprint density at radius 3 is 2.06 bits per heavy atom. The van der Waals surface area contributed by atoms with Gasteiger partial charge in [0.15, 0.2) is 11.4 Å². The number of fused-ring (bicyclic) bond motifs is 6. The number of Topliss-reactive ketones (excluding diaryl/α,β-unsaturated/α-hetero) is 1. The van der Waals surface area contributed by atoms with Crippen LogP contribution in [0.4, 0.5) is 0 Å². The normalized spacial score (nSPS) is 20.7. The van der Waals surface area contributed by atoms with Crippen LogP contribution in [0.25, 0.3) is 22.3 Å². The van der Waals surface area contributed by atoms with Crippen molar-refractivity contribution in [1.82, 2.24) is 0 Å². The minimum Gasteiger partial charge on any atom is -0.507 e. The Kier molecular flexibility index (Phi) is 4.96. The van der Waals surface area contributed by atoms with Crippen molar-refractivity contribution >= 4 is 5.78 Å². The van der Waals surface area contributed by atoms with Gasteiger partial charge in [-0.25, -0.2) is 0 Å². The third-order valence-electron chi connectivity index (χ3n) is 7.82. The van der Waals surface area contributed by atoms with Crippen molar-refractivity contribution in [1.29, 1.82) is 0 Å². The van der Waals surface area contributed by atoms with E-state index >= 15 is 0 Å². The van der Waals surface area contributed by atoms with E-state index in [0.29, 0.717) is 28.2 Å². The van der Waals surface area contributed by atoms with Crippen molar-refractivity contribution in [3.8, 4) is 33.8 Å². The first-order valence-electron chi connectivity index (χ1n) is 12.1. The fourth-order valence-electron chi connectivity index (χ4n) is 6.02. The van der Waals surface area contributed by atoms with Crippen LogP contribution in [0, 0.1) is 25.7 Å². The molecule has 0 spiro atoms. The molecule has 2 atom stereocenters. The van der Waals surface area contributed by atoms with Crippen molar-refractivity contribution in [3.05, 3.63) is 69.8 Å². The van der Waals surface area contributed by atoms with Crippen LogP contribution in [-0.4, -0.2) is 21.1 Å². The number of aliphatic hydroxyl groups is 1. The van der Waals surface area contributed by atoms with E-state index in [0.717, 1.165) is 39.8 Å². The van der Waals surface area contributed by atoms with E-state index in [1.807, 2.05) is 45.9 Å². The predicted molar refractivity (Wildman–Crippen MR) is 134 cm³/mol. The highest BCUT2D eigenvalue weighted by Crippen LogP contribution is 2.53. The number of hydrogen-bond acceptors (Lipinski definition) is 4. The second-order valence-electron chi connectivity index (χ2n) is 10.8. The molecule has 4 heteroatoms. The van der Waals surface area contributed by atoms with Gasteiger partial charge in [0.05, 0.1) is 0 Å². The Hall–Kier alpha value is -3.11. The van der Waals surface area contributed by atoms with Crippen molar-refractivity contribution in [2.45, 2.75) is 59.5 Å². The van der Waals surface area contributed by atoms with Crippen LogP contribution in [0.5, 0.6) is 11.5 Å². The van der Waals surface area contributed by atoms with Gasteiger partial charge < -0.3 is 15.3 Å². The second kappa shape index (κ2) is 7.44. The van der Waals surface area contributed by atoms with Crippen molar-refractivity contribution in [3.63, 3.8) is 0 Å². The van der Waals surface area contributed by atoms with Crippen LogP contribution in [-0.2, 0) is 12.0 Å². The van der Waals surface area contributed by atoms with Gasteiger partial charge in [-0.2, -0.15) is 0 Å². The highest BCUT2D eigenvalue weighted by Gasteiger charge is 2.48. The molecule has 34 heavy (non-hydrogen) atoms. The molecular formula is C30H32O4. The van der Waals surface area contributed by atoms with E-state index < -0.39 is 11.5 Å². The summed E-state index contributed by atoms with van der Waals surface area (Å²) in [5, 5.41) is 33.8. The molecule has 0 heterocycles. The quantitative estimate of drug-likeness (QED) is 0.418. The molecule has 3 N–H and O–H groups in total. The SMILES string of the molecule is Cc1cc(O)c2c(c1)[C@H](C(C)C)Cc1cc3c(cc1-2)C(=O)[C@@](O)(C(C)C)c1cc(C)cc(O)c1-3. The first-order chi connectivity index (χ1) is 15.9. The number of carbonyl (C=O) groups is 1. The summed E-state index contributed by atoms with van der Waals surface area (Å²) in [4.78, 5) is 13.9. The zero-order chi connectivity index (χ0) is 24.7. The lowest BCUT2D eigenvalue weighted by atomic mass is 9.66. The molecule has 0 aliphatic heterocycles. The van der Waals surface area contributed by atoms with Gasteiger partial charge in [-0.3, -0.25) is 4.79 Å². The molecule has 0 saturated carbocycles. The lowest BCUT2D eigenvalue weighted by Crippen LogP contribution is -2.44. The monoisotopic (exact) mass is 456 g/mol. The third-order valence-corrected chi connectivity index (χ3v) is 7.82. The maximum atomic E-state index is 13.9. The summed E-state index contributed by atoms with van der Waals surface area (Å²) in [7, 11) is 0. The van der Waals surface area contributed by atoms with E-state index in [1.54, 1.807) is 12.1 Å². The number of benzene rings is 3. The van der Waals surface area contributed by atoms with Gasteiger partial charge in [-0.1, -0.05) is 39.8 Å². The van der Waals surface area contributed by atoms with Crippen LogP contribution in [0.15, 0.2) is 36.4 Å². The lowest BCUT2D eigenvalue weighted by Gasteiger charge is -2.39. The smallest absolute Gasteiger partial charge is 0.199 e. The van der Waals surface area contributed by atoms with E-state index in [-0.39, 0.29) is 23.2 Å². The average molecular weight is 457 g/mol. The summed E-state index contributed by atoms with van der Waals surface area (Å²) >= 11 is 0. The van der Waals surface area contributed by atoms with Gasteiger partial charge in [0.1, 0.15) is 11.5 Å². The number of hydrogen-bond donors (Lipinski definition) is 3. The number of carbonyl (C=O) groups excluding carboxylic acids is 1. The molecule has 0 fully saturated rings. The van der Waals surface area contributed by atoms with Crippen LogP contribution in [0.3, 0.4) is 0 Å². The van der Waals surface area contributed by atoms with Gasteiger partial charge in [0, 0.05) is 22.3 Å². The molecule has 0 amide bonds. The summed E-state index contributed by atoms with van der Waals surface area (Å²) in [6.45, 7) is 11.8. The molecule has 3 aromatic rings. The lowest BCUT2D eigenvalue weighted by molar-refractivity contribution is 0.00244. The number of phenols is 2. The first-order valence-corrected chi connectivity index (χ1v) is 12.1. The summed E-state index contributed by atoms with van der Waals surface area (Å²) in [5.74, 6) is 0.111. The number of aryl methyl sites for hydroxylation is 2. The Bertz CT molecular complexity index is 1360. The molecule has 176 valence electrons. The number of phenolic OH excluding ortho intramolecular Hbond substituents is 2. The number of rotatable bonds is 2. The minimum absolute atomic E-state index is 0.0675. The largest absolute Gasteiger partial charge is 0.507 e. The zero-order valence-corrected chi connectivity index (χ0v) is 20.7. The van der Waals surface area contributed by atoms with E-state index in [1.165, 1.54) is 0 Å². The fraction of sp³-hybridized carbons (Fsp3) is 0.367. The van der Waals surface area contributed by atoms with E-state index in [9.17, 15) is 20.1 Å². The third kappa shape index (κ3) is 2.98. The molecule has 3 aromatic carbocycles. The minimum atomic E-state index is -1.74. The molecular weight excluding hydrogens is 424 g/mol. The standard InChI is InChI=1S/C30H32O4/c1-14(2)19-11-18-12-22-23(13-20(18)27-21(19)7-16(5)9-25(27)31)29(33)30(34,15(3)4)24-8-17(6)10-26(32)28(22)24/h7-10,12-15,19,31-32,34H,11H2,1-6H3/t19-,30+/m0/s1.